The molecule has 0 spiro atoms. The van der Waals surface area contributed by atoms with Gasteiger partial charge in [0.05, 0.1) is 5.25 Å². The Morgan fingerprint density at radius 3 is 2.45 bits per heavy atom. The van der Waals surface area contributed by atoms with Crippen LogP contribution in [0.1, 0.15) is 85.5 Å². The number of likely N-dealkylation sites (tertiary alicyclic amines) is 1. The Bertz CT molecular complexity index is 1050. The van der Waals surface area contributed by atoms with Crippen molar-refractivity contribution in [2.75, 3.05) is 13.1 Å². The van der Waals surface area contributed by atoms with Crippen LogP contribution >= 0.6 is 0 Å². The fourth-order valence-corrected chi connectivity index (χ4v) is 6.00. The molecule has 3 aliphatic rings. The maximum atomic E-state index is 13.3. The minimum atomic E-state index is -3.78. The lowest BCUT2D eigenvalue weighted by Crippen LogP contribution is -2.57. The van der Waals surface area contributed by atoms with Gasteiger partial charge in [0.15, 0.2) is 0 Å². The van der Waals surface area contributed by atoms with E-state index in [1.807, 2.05) is 12.2 Å². The molecule has 0 radical (unpaired) electrons. The van der Waals surface area contributed by atoms with Gasteiger partial charge in [-0.2, -0.15) is 0 Å². The van der Waals surface area contributed by atoms with Crippen LogP contribution in [0.4, 0.5) is 4.79 Å². The molecule has 0 aromatic carbocycles. The number of carbonyl (C=O) groups excluding carboxylic acids is 4. The number of unbranched alkanes of at least 4 members (excludes halogenated alkanes) is 3. The number of amides is 4. The summed E-state index contributed by atoms with van der Waals surface area (Å²) in [6.07, 6.45) is 9.45. The number of alkyl carbamates (subject to hydrolysis) is 1. The second kappa shape index (κ2) is 12.0. The number of hydrogen-bond donors (Lipinski definition) is 3. The number of rotatable bonds is 12. The molecule has 1 saturated heterocycles. The third kappa shape index (κ3) is 7.94. The van der Waals surface area contributed by atoms with Crippen LogP contribution in [0.15, 0.2) is 12.2 Å². The molecule has 214 valence electrons. The molecule has 11 nitrogen and oxygen atoms in total. The molecule has 3 atom stereocenters. The van der Waals surface area contributed by atoms with Crippen LogP contribution < -0.4 is 15.4 Å². The average molecular weight is 555 g/mol. The van der Waals surface area contributed by atoms with Gasteiger partial charge >= 0.3 is 6.09 Å². The Morgan fingerprint density at radius 1 is 1.11 bits per heavy atom. The average Bonchev–Trinajstić information content (AvgIpc) is 3.73. The Hall–Kier alpha value is -2.63. The van der Waals surface area contributed by atoms with Crippen LogP contribution in [0.3, 0.4) is 0 Å². The van der Waals surface area contributed by atoms with Crippen LogP contribution in [-0.4, -0.2) is 72.7 Å². The smallest absolute Gasteiger partial charge is 0.408 e. The minimum absolute atomic E-state index is 0.288. The normalized spacial score (nSPS) is 25.2. The number of nitrogens with zero attached hydrogens (tertiary/aromatic N) is 1. The molecule has 2 saturated carbocycles. The van der Waals surface area contributed by atoms with Crippen LogP contribution in [-0.2, 0) is 29.1 Å². The first-order valence-corrected chi connectivity index (χ1v) is 15.1. The molecule has 12 heteroatoms. The number of nitrogens with one attached hydrogen (secondary N) is 3. The fourth-order valence-electron chi connectivity index (χ4n) is 4.64. The third-order valence-corrected chi connectivity index (χ3v) is 8.78. The highest BCUT2D eigenvalue weighted by Crippen LogP contribution is 2.46. The number of allylic oxidation sites excluding steroid dienone is 1. The largest absolute Gasteiger partial charge is 0.444 e. The first-order chi connectivity index (χ1) is 17.8. The van der Waals surface area contributed by atoms with E-state index in [1.165, 1.54) is 4.90 Å². The van der Waals surface area contributed by atoms with Crippen molar-refractivity contribution in [2.24, 2.45) is 5.92 Å². The van der Waals surface area contributed by atoms with Crippen molar-refractivity contribution in [3.8, 4) is 0 Å². The van der Waals surface area contributed by atoms with Crippen LogP contribution in [0, 0.1) is 5.92 Å². The Kier molecular flexibility index (Phi) is 9.48. The van der Waals surface area contributed by atoms with Gasteiger partial charge in [-0.15, -0.1) is 0 Å². The van der Waals surface area contributed by atoms with Gasteiger partial charge in [-0.1, -0.05) is 31.9 Å². The monoisotopic (exact) mass is 554 g/mol. The van der Waals surface area contributed by atoms with Gasteiger partial charge in [-0.05, 0) is 65.7 Å². The van der Waals surface area contributed by atoms with Crippen molar-refractivity contribution in [1.82, 2.24) is 20.3 Å². The van der Waals surface area contributed by atoms with E-state index in [4.69, 9.17) is 4.74 Å². The molecule has 3 rings (SSSR count). The van der Waals surface area contributed by atoms with E-state index in [9.17, 15) is 27.6 Å². The van der Waals surface area contributed by atoms with Gasteiger partial charge in [-0.25, -0.2) is 13.2 Å². The summed E-state index contributed by atoms with van der Waals surface area (Å²) in [5.41, 5.74) is -2.08. The van der Waals surface area contributed by atoms with Gasteiger partial charge < -0.3 is 20.3 Å². The molecule has 38 heavy (non-hydrogen) atoms. The van der Waals surface area contributed by atoms with E-state index in [0.717, 1.165) is 25.7 Å². The molecule has 3 fully saturated rings. The lowest BCUT2D eigenvalue weighted by atomic mass is 10.1. The minimum Gasteiger partial charge on any atom is -0.444 e. The highest BCUT2D eigenvalue weighted by molar-refractivity contribution is 7.91. The summed E-state index contributed by atoms with van der Waals surface area (Å²) in [4.78, 5) is 52.7. The van der Waals surface area contributed by atoms with E-state index in [2.05, 4.69) is 22.3 Å². The lowest BCUT2D eigenvalue weighted by molar-refractivity contribution is -0.139. The zero-order valence-electron chi connectivity index (χ0n) is 22.9. The fraction of sp³-hybridized carbons (Fsp3) is 0.769. The summed E-state index contributed by atoms with van der Waals surface area (Å²) in [7, 11) is -3.78. The molecule has 4 amide bonds. The number of carbonyl (C=O) groups is 4. The third-order valence-electron chi connectivity index (χ3n) is 6.97. The van der Waals surface area contributed by atoms with Gasteiger partial charge in [0, 0.05) is 12.5 Å². The summed E-state index contributed by atoms with van der Waals surface area (Å²) in [5, 5.41) is 4.65. The maximum Gasteiger partial charge on any atom is 0.408 e. The van der Waals surface area contributed by atoms with Crippen molar-refractivity contribution >= 4 is 33.8 Å². The second-order valence-corrected chi connectivity index (χ2v) is 13.4. The molecule has 3 N–H and O–H groups in total. The topological polar surface area (TPSA) is 151 Å². The van der Waals surface area contributed by atoms with Crippen LogP contribution in [0.5, 0.6) is 0 Å². The second-order valence-electron chi connectivity index (χ2n) is 11.5. The number of sulfonamides is 1. The van der Waals surface area contributed by atoms with Crippen molar-refractivity contribution in [1.29, 1.82) is 0 Å². The van der Waals surface area contributed by atoms with E-state index >= 15 is 0 Å². The first-order valence-electron chi connectivity index (χ1n) is 13.6. The van der Waals surface area contributed by atoms with Crippen LogP contribution in [0.2, 0.25) is 0 Å². The molecule has 0 aromatic rings. The quantitative estimate of drug-likeness (QED) is 0.247. The SMILES string of the molecule is CCCCC/C=C\[C@@H]1C[C@]1(NC(=O)[C@@H]1CCCN1C(=O)CNC(=O)OC(C)(C)C)C(=O)NS(=O)(=O)C1CC1. The molecule has 0 aromatic heterocycles. The van der Waals surface area contributed by atoms with E-state index in [-0.39, 0.29) is 18.9 Å². The highest BCUT2D eigenvalue weighted by Gasteiger charge is 2.61. The molecule has 2 aliphatic carbocycles. The van der Waals surface area contributed by atoms with Crippen molar-refractivity contribution in [3.63, 3.8) is 0 Å². The van der Waals surface area contributed by atoms with Gasteiger partial charge in [-0.3, -0.25) is 19.1 Å². The van der Waals surface area contributed by atoms with E-state index in [0.29, 0.717) is 32.2 Å². The molecule has 1 aliphatic heterocycles. The van der Waals surface area contributed by atoms with E-state index in [1.54, 1.807) is 20.8 Å². The first kappa shape index (κ1) is 29.9. The van der Waals surface area contributed by atoms with Crippen molar-refractivity contribution in [3.05, 3.63) is 12.2 Å². The number of hydrogen-bond acceptors (Lipinski definition) is 7. The van der Waals surface area contributed by atoms with Gasteiger partial charge in [0.1, 0.15) is 23.7 Å². The van der Waals surface area contributed by atoms with Gasteiger partial charge in [0.25, 0.3) is 5.91 Å². The molecule has 0 bridgehead atoms. The van der Waals surface area contributed by atoms with Gasteiger partial charge in [0.2, 0.25) is 21.8 Å². The lowest BCUT2D eigenvalue weighted by Gasteiger charge is -2.27. The molecule has 1 heterocycles. The molecule has 0 unspecified atom stereocenters. The highest BCUT2D eigenvalue weighted by atomic mass is 32.2. The summed E-state index contributed by atoms with van der Waals surface area (Å²) >= 11 is 0. The van der Waals surface area contributed by atoms with Crippen molar-refractivity contribution in [2.45, 2.75) is 108 Å². The van der Waals surface area contributed by atoms with Crippen molar-refractivity contribution < 1.29 is 32.3 Å². The Morgan fingerprint density at radius 2 is 1.82 bits per heavy atom. The maximum absolute atomic E-state index is 13.3. The summed E-state index contributed by atoms with van der Waals surface area (Å²) in [5.74, 6) is -2.01. The molecular weight excluding hydrogens is 512 g/mol. The predicted octanol–water partition coefficient (Wildman–Crippen LogP) is 2.12. The Balaban J connectivity index is 1.65. The van der Waals surface area contributed by atoms with E-state index < -0.39 is 56.3 Å². The molecular formula is C26H42N4O7S. The summed E-state index contributed by atoms with van der Waals surface area (Å²) < 4.78 is 32.2. The standard InChI is InChI=1S/C26H42N4O7S/c1-5-6-7-8-9-11-18-16-26(18,23(33)29-38(35,36)19-13-14-19)28-22(32)20-12-10-15-30(20)21(31)17-27-24(34)37-25(2,3)4/h9,11,18-20H,5-8,10,12-17H2,1-4H3,(H,27,34)(H,28,32)(H,29,33)/b11-9-/t18-,20+,26-/m1/s1. The van der Waals surface area contributed by atoms with Crippen LogP contribution in [0.25, 0.3) is 0 Å². The number of ether oxygens (including phenoxy) is 1. The zero-order valence-corrected chi connectivity index (χ0v) is 23.7. The summed E-state index contributed by atoms with van der Waals surface area (Å²) in [6.45, 7) is 7.25. The predicted molar refractivity (Wildman–Crippen MR) is 141 cm³/mol. The zero-order chi connectivity index (χ0) is 28.1. The Labute approximate surface area is 225 Å². The summed E-state index contributed by atoms with van der Waals surface area (Å²) in [6, 6.07) is -0.817.